The van der Waals surface area contributed by atoms with Gasteiger partial charge in [-0.2, -0.15) is 0 Å². The summed E-state index contributed by atoms with van der Waals surface area (Å²) in [6.45, 7) is 1.21. The third-order valence-corrected chi connectivity index (χ3v) is 5.16. The average Bonchev–Trinajstić information content (AvgIpc) is 3.19. The van der Waals surface area contributed by atoms with Crippen molar-refractivity contribution in [3.63, 3.8) is 0 Å². The number of halogens is 1. The van der Waals surface area contributed by atoms with Crippen molar-refractivity contribution in [2.24, 2.45) is 0 Å². The predicted molar refractivity (Wildman–Crippen MR) is 111 cm³/mol. The van der Waals surface area contributed by atoms with Crippen LogP contribution < -0.4 is 10.9 Å². The summed E-state index contributed by atoms with van der Waals surface area (Å²) in [5.41, 5.74) is 3.92. The van der Waals surface area contributed by atoms with Crippen LogP contribution in [0.3, 0.4) is 0 Å². The van der Waals surface area contributed by atoms with Gasteiger partial charge in [-0.1, -0.05) is 30.3 Å². The van der Waals surface area contributed by atoms with E-state index in [0.29, 0.717) is 13.1 Å². The zero-order valence-corrected chi connectivity index (χ0v) is 15.8. The lowest BCUT2D eigenvalue weighted by Crippen LogP contribution is -2.18. The van der Waals surface area contributed by atoms with Crippen LogP contribution in [0.2, 0.25) is 0 Å². The van der Waals surface area contributed by atoms with Crippen molar-refractivity contribution < 1.29 is 4.39 Å². The highest BCUT2D eigenvalue weighted by molar-refractivity contribution is 7.14. The second-order valence-electron chi connectivity index (χ2n) is 6.38. The topological polar surface area (TPSA) is 46.9 Å². The molecule has 0 saturated carbocycles. The van der Waals surface area contributed by atoms with Crippen LogP contribution in [0.25, 0.3) is 11.3 Å². The van der Waals surface area contributed by atoms with Gasteiger partial charge in [0.1, 0.15) is 5.82 Å². The summed E-state index contributed by atoms with van der Waals surface area (Å²) < 4.78 is 14.7. The molecule has 4 aromatic rings. The van der Waals surface area contributed by atoms with Gasteiger partial charge >= 0.3 is 0 Å². The maximum atomic E-state index is 13.0. The van der Waals surface area contributed by atoms with Crippen molar-refractivity contribution in [1.29, 1.82) is 0 Å². The molecule has 28 heavy (non-hydrogen) atoms. The lowest BCUT2D eigenvalue weighted by molar-refractivity contribution is 0.628. The number of anilines is 1. The zero-order chi connectivity index (χ0) is 19.3. The summed E-state index contributed by atoms with van der Waals surface area (Å²) in [5.74, 6) is -0.252. The van der Waals surface area contributed by atoms with E-state index in [0.717, 1.165) is 27.5 Å². The SMILES string of the molecule is O=c1ccccn1Cc1ccc(CNc2nc(-c3ccc(F)cc3)cs2)cc1. The molecule has 0 bridgehead atoms. The van der Waals surface area contributed by atoms with Crippen molar-refractivity contribution in [1.82, 2.24) is 9.55 Å². The first-order chi connectivity index (χ1) is 13.7. The van der Waals surface area contributed by atoms with Crippen molar-refractivity contribution >= 4 is 16.5 Å². The molecule has 2 aromatic carbocycles. The fourth-order valence-electron chi connectivity index (χ4n) is 2.84. The number of hydrogen-bond donors (Lipinski definition) is 1. The maximum Gasteiger partial charge on any atom is 0.250 e. The van der Waals surface area contributed by atoms with Gasteiger partial charge in [-0.25, -0.2) is 9.37 Å². The van der Waals surface area contributed by atoms with Gasteiger partial charge in [0.2, 0.25) is 0 Å². The molecular weight excluding hydrogens is 373 g/mol. The molecule has 140 valence electrons. The standard InChI is InChI=1S/C22H18FN3OS/c23-19-10-8-18(9-11-19)20-15-28-22(25-20)24-13-16-4-6-17(7-5-16)14-26-12-2-1-3-21(26)27/h1-12,15H,13-14H2,(H,24,25). The highest BCUT2D eigenvalue weighted by Crippen LogP contribution is 2.25. The summed E-state index contributed by atoms with van der Waals surface area (Å²) >= 11 is 1.52. The number of nitrogens with zero attached hydrogens (tertiary/aromatic N) is 2. The molecule has 6 heteroatoms. The van der Waals surface area contributed by atoms with E-state index in [4.69, 9.17) is 0 Å². The Labute approximate surface area is 165 Å². The van der Waals surface area contributed by atoms with Crippen molar-refractivity contribution in [2.75, 3.05) is 5.32 Å². The Bertz CT molecular complexity index is 1120. The maximum absolute atomic E-state index is 13.0. The highest BCUT2D eigenvalue weighted by Gasteiger charge is 2.05. The van der Waals surface area contributed by atoms with E-state index in [-0.39, 0.29) is 11.4 Å². The molecule has 0 saturated heterocycles. The Morgan fingerprint density at radius 3 is 2.46 bits per heavy atom. The Morgan fingerprint density at radius 2 is 1.71 bits per heavy atom. The Morgan fingerprint density at radius 1 is 0.964 bits per heavy atom. The first-order valence-electron chi connectivity index (χ1n) is 8.86. The quantitative estimate of drug-likeness (QED) is 0.515. The molecule has 1 N–H and O–H groups in total. The highest BCUT2D eigenvalue weighted by atomic mass is 32.1. The van der Waals surface area contributed by atoms with E-state index in [2.05, 4.69) is 10.3 Å². The summed E-state index contributed by atoms with van der Waals surface area (Å²) in [5, 5.41) is 6.09. The molecule has 4 nitrogen and oxygen atoms in total. The van der Waals surface area contributed by atoms with Crippen molar-refractivity contribution in [3.8, 4) is 11.3 Å². The van der Waals surface area contributed by atoms with Crippen LogP contribution in [-0.4, -0.2) is 9.55 Å². The molecule has 0 aliphatic heterocycles. The second-order valence-corrected chi connectivity index (χ2v) is 7.24. The van der Waals surface area contributed by atoms with Crippen LogP contribution >= 0.6 is 11.3 Å². The molecule has 0 fully saturated rings. The normalized spacial score (nSPS) is 10.8. The first kappa shape index (κ1) is 18.1. The fourth-order valence-corrected chi connectivity index (χ4v) is 3.55. The Kier molecular flexibility index (Phi) is 5.30. The van der Waals surface area contributed by atoms with Crippen molar-refractivity contribution in [2.45, 2.75) is 13.1 Å². The molecule has 0 amide bonds. The van der Waals surface area contributed by atoms with E-state index in [1.54, 1.807) is 35.0 Å². The van der Waals surface area contributed by atoms with Gasteiger partial charge in [-0.3, -0.25) is 4.79 Å². The van der Waals surface area contributed by atoms with Gasteiger partial charge in [-0.05, 0) is 41.5 Å². The molecule has 0 aliphatic carbocycles. The number of thiazole rings is 1. The monoisotopic (exact) mass is 391 g/mol. The van der Waals surface area contributed by atoms with Crippen molar-refractivity contribution in [3.05, 3.63) is 106 Å². The number of benzene rings is 2. The van der Waals surface area contributed by atoms with Crippen LogP contribution in [0, 0.1) is 5.82 Å². The average molecular weight is 391 g/mol. The van der Waals surface area contributed by atoms with Crippen LogP contribution in [-0.2, 0) is 13.1 Å². The van der Waals surface area contributed by atoms with E-state index < -0.39 is 0 Å². The minimum absolute atomic E-state index is 0.00558. The molecular formula is C22H18FN3OS. The van der Waals surface area contributed by atoms with E-state index in [1.807, 2.05) is 35.7 Å². The van der Waals surface area contributed by atoms with Gasteiger partial charge in [0.25, 0.3) is 5.56 Å². The van der Waals surface area contributed by atoms with Crippen LogP contribution in [0.5, 0.6) is 0 Å². The summed E-state index contributed by atoms with van der Waals surface area (Å²) in [7, 11) is 0. The second kappa shape index (κ2) is 8.19. The number of aromatic nitrogens is 2. The Balaban J connectivity index is 1.37. The third-order valence-electron chi connectivity index (χ3n) is 4.36. The Hall–Kier alpha value is -3.25. The van der Waals surface area contributed by atoms with Gasteiger partial charge in [0, 0.05) is 29.8 Å². The largest absolute Gasteiger partial charge is 0.357 e. The minimum atomic E-state index is -0.252. The van der Waals surface area contributed by atoms with Gasteiger partial charge in [0.05, 0.1) is 12.2 Å². The number of hydrogen-bond acceptors (Lipinski definition) is 4. The summed E-state index contributed by atoms with van der Waals surface area (Å²) in [6.07, 6.45) is 1.79. The summed E-state index contributed by atoms with van der Waals surface area (Å²) in [6, 6.07) is 19.6. The molecule has 2 aromatic heterocycles. The lowest BCUT2D eigenvalue weighted by atomic mass is 10.1. The molecule has 0 aliphatic rings. The van der Waals surface area contributed by atoms with E-state index >= 15 is 0 Å². The van der Waals surface area contributed by atoms with Gasteiger partial charge in [-0.15, -0.1) is 11.3 Å². The molecule has 4 rings (SSSR count). The van der Waals surface area contributed by atoms with Gasteiger partial charge < -0.3 is 9.88 Å². The lowest BCUT2D eigenvalue weighted by Gasteiger charge is -2.07. The zero-order valence-electron chi connectivity index (χ0n) is 15.0. The number of pyridine rings is 1. The van der Waals surface area contributed by atoms with Crippen LogP contribution in [0.1, 0.15) is 11.1 Å². The molecule has 2 heterocycles. The first-order valence-corrected chi connectivity index (χ1v) is 9.74. The van der Waals surface area contributed by atoms with Crippen LogP contribution in [0.15, 0.2) is 83.1 Å². The summed E-state index contributed by atoms with van der Waals surface area (Å²) in [4.78, 5) is 16.4. The molecule has 0 atom stereocenters. The fraction of sp³-hybridized carbons (Fsp3) is 0.0909. The molecule has 0 spiro atoms. The van der Waals surface area contributed by atoms with Gasteiger partial charge in [0.15, 0.2) is 5.13 Å². The number of rotatable bonds is 6. The van der Waals surface area contributed by atoms with E-state index in [1.165, 1.54) is 23.5 Å². The molecule has 0 unspecified atom stereocenters. The molecule has 0 radical (unpaired) electrons. The number of nitrogens with one attached hydrogen (secondary N) is 1. The van der Waals surface area contributed by atoms with E-state index in [9.17, 15) is 9.18 Å². The minimum Gasteiger partial charge on any atom is -0.357 e. The predicted octanol–water partition coefficient (Wildman–Crippen LogP) is 4.77. The third kappa shape index (κ3) is 4.35. The van der Waals surface area contributed by atoms with Crippen LogP contribution in [0.4, 0.5) is 9.52 Å². The smallest absolute Gasteiger partial charge is 0.250 e.